The highest BCUT2D eigenvalue weighted by Gasteiger charge is 2.09. The fourth-order valence-electron chi connectivity index (χ4n) is 2.48. The summed E-state index contributed by atoms with van der Waals surface area (Å²) in [6, 6.07) is 15.4. The van der Waals surface area contributed by atoms with Gasteiger partial charge < -0.3 is 11.1 Å². The SMILES string of the molecule is CCN(Cc1ccc(C(=O)Nc2cccc(N)c2)cc1)C(C)C.Cl.Cl. The first kappa shape index (κ1) is 23.2. The van der Waals surface area contributed by atoms with Crippen LogP contribution in [0.15, 0.2) is 48.5 Å². The molecule has 4 nitrogen and oxygen atoms in total. The smallest absolute Gasteiger partial charge is 0.255 e. The number of amides is 1. The number of hydrogen-bond acceptors (Lipinski definition) is 3. The number of nitrogen functional groups attached to an aromatic ring is 1. The first-order chi connectivity index (χ1) is 11.0. The number of benzene rings is 2. The Bertz CT molecular complexity index is 660. The van der Waals surface area contributed by atoms with Crippen molar-refractivity contribution in [2.75, 3.05) is 17.6 Å². The van der Waals surface area contributed by atoms with Crippen molar-refractivity contribution >= 4 is 42.1 Å². The van der Waals surface area contributed by atoms with Gasteiger partial charge in [0.2, 0.25) is 0 Å². The van der Waals surface area contributed by atoms with Crippen molar-refractivity contribution in [3.05, 3.63) is 59.7 Å². The van der Waals surface area contributed by atoms with Crippen LogP contribution >= 0.6 is 24.8 Å². The van der Waals surface area contributed by atoms with Crippen molar-refractivity contribution in [1.29, 1.82) is 0 Å². The molecule has 0 saturated heterocycles. The molecule has 25 heavy (non-hydrogen) atoms. The summed E-state index contributed by atoms with van der Waals surface area (Å²) < 4.78 is 0. The molecule has 2 aromatic rings. The quantitative estimate of drug-likeness (QED) is 0.716. The molecule has 138 valence electrons. The molecular weight excluding hydrogens is 357 g/mol. The van der Waals surface area contributed by atoms with Crippen molar-refractivity contribution < 1.29 is 4.79 Å². The van der Waals surface area contributed by atoms with Gasteiger partial charge in [-0.25, -0.2) is 0 Å². The second-order valence-electron chi connectivity index (χ2n) is 5.93. The molecule has 6 heteroatoms. The number of anilines is 2. The van der Waals surface area contributed by atoms with Crippen molar-refractivity contribution in [2.24, 2.45) is 0 Å². The van der Waals surface area contributed by atoms with E-state index in [2.05, 4.69) is 31.0 Å². The van der Waals surface area contributed by atoms with E-state index in [4.69, 9.17) is 5.73 Å². The Labute approximate surface area is 162 Å². The number of halogens is 2. The molecular formula is C19H27Cl2N3O. The predicted octanol–water partition coefficient (Wildman–Crippen LogP) is 4.60. The zero-order valence-electron chi connectivity index (χ0n) is 14.9. The van der Waals surface area contributed by atoms with Gasteiger partial charge in [-0.1, -0.05) is 25.1 Å². The van der Waals surface area contributed by atoms with Crippen LogP contribution in [-0.2, 0) is 6.54 Å². The second-order valence-corrected chi connectivity index (χ2v) is 5.93. The molecule has 0 aliphatic heterocycles. The van der Waals surface area contributed by atoms with Gasteiger partial charge in [-0.3, -0.25) is 9.69 Å². The van der Waals surface area contributed by atoms with Gasteiger partial charge in [0, 0.05) is 29.5 Å². The summed E-state index contributed by atoms with van der Waals surface area (Å²) in [4.78, 5) is 14.6. The highest BCUT2D eigenvalue weighted by Crippen LogP contribution is 2.14. The van der Waals surface area contributed by atoms with Crippen LogP contribution in [-0.4, -0.2) is 23.4 Å². The Morgan fingerprint density at radius 3 is 2.28 bits per heavy atom. The Morgan fingerprint density at radius 2 is 1.76 bits per heavy atom. The first-order valence-electron chi connectivity index (χ1n) is 7.99. The summed E-state index contributed by atoms with van der Waals surface area (Å²) in [7, 11) is 0. The summed E-state index contributed by atoms with van der Waals surface area (Å²) in [6.07, 6.45) is 0. The van der Waals surface area contributed by atoms with E-state index in [1.54, 1.807) is 12.1 Å². The molecule has 0 radical (unpaired) electrons. The average molecular weight is 384 g/mol. The zero-order valence-corrected chi connectivity index (χ0v) is 16.5. The van der Waals surface area contributed by atoms with E-state index in [1.165, 1.54) is 5.56 Å². The molecule has 0 saturated carbocycles. The lowest BCUT2D eigenvalue weighted by Crippen LogP contribution is -2.29. The monoisotopic (exact) mass is 383 g/mol. The molecule has 3 N–H and O–H groups in total. The molecule has 0 aromatic heterocycles. The maximum atomic E-state index is 12.3. The third-order valence-electron chi connectivity index (χ3n) is 3.88. The lowest BCUT2D eigenvalue weighted by molar-refractivity contribution is 0.102. The van der Waals surface area contributed by atoms with Crippen LogP contribution in [0.25, 0.3) is 0 Å². The minimum Gasteiger partial charge on any atom is -0.399 e. The van der Waals surface area contributed by atoms with E-state index < -0.39 is 0 Å². The van der Waals surface area contributed by atoms with E-state index in [-0.39, 0.29) is 30.7 Å². The highest BCUT2D eigenvalue weighted by atomic mass is 35.5. The molecule has 0 bridgehead atoms. The lowest BCUT2D eigenvalue weighted by Gasteiger charge is -2.24. The minimum atomic E-state index is -0.127. The van der Waals surface area contributed by atoms with Crippen molar-refractivity contribution in [3.8, 4) is 0 Å². The maximum absolute atomic E-state index is 12.3. The van der Waals surface area contributed by atoms with Gasteiger partial charge >= 0.3 is 0 Å². The predicted molar refractivity (Wildman–Crippen MR) is 111 cm³/mol. The molecule has 0 spiro atoms. The van der Waals surface area contributed by atoms with Crippen LogP contribution in [0, 0.1) is 0 Å². The van der Waals surface area contributed by atoms with Gasteiger partial charge in [0.1, 0.15) is 0 Å². The first-order valence-corrected chi connectivity index (χ1v) is 7.99. The van der Waals surface area contributed by atoms with Crippen molar-refractivity contribution in [2.45, 2.75) is 33.4 Å². The topological polar surface area (TPSA) is 58.4 Å². The number of carbonyl (C=O) groups excluding carboxylic acids is 1. The fraction of sp³-hybridized carbons (Fsp3) is 0.316. The van der Waals surface area contributed by atoms with E-state index in [9.17, 15) is 4.79 Å². The van der Waals surface area contributed by atoms with Crippen molar-refractivity contribution in [3.63, 3.8) is 0 Å². The third-order valence-corrected chi connectivity index (χ3v) is 3.88. The summed E-state index contributed by atoms with van der Waals surface area (Å²) in [5.41, 5.74) is 8.91. The number of carbonyl (C=O) groups is 1. The molecule has 1 amide bonds. The highest BCUT2D eigenvalue weighted by molar-refractivity contribution is 6.04. The van der Waals surface area contributed by atoms with Crippen LogP contribution in [0.3, 0.4) is 0 Å². The molecule has 0 unspecified atom stereocenters. The van der Waals surface area contributed by atoms with Crippen LogP contribution in [0.2, 0.25) is 0 Å². The van der Waals surface area contributed by atoms with Gasteiger partial charge in [-0.05, 0) is 56.3 Å². The maximum Gasteiger partial charge on any atom is 0.255 e. The Kier molecular flexibility index (Phi) is 10.2. The summed E-state index contributed by atoms with van der Waals surface area (Å²) >= 11 is 0. The fourth-order valence-corrected chi connectivity index (χ4v) is 2.48. The molecule has 2 rings (SSSR count). The zero-order chi connectivity index (χ0) is 16.8. The number of rotatable bonds is 6. The minimum absolute atomic E-state index is 0. The normalized spacial score (nSPS) is 10.1. The Hall–Kier alpha value is -1.75. The molecule has 0 atom stereocenters. The molecule has 0 heterocycles. The van der Waals surface area contributed by atoms with Gasteiger partial charge in [-0.2, -0.15) is 0 Å². The van der Waals surface area contributed by atoms with E-state index in [0.29, 0.717) is 23.0 Å². The summed E-state index contributed by atoms with van der Waals surface area (Å²) in [6.45, 7) is 8.45. The Morgan fingerprint density at radius 1 is 1.12 bits per heavy atom. The second kappa shape index (κ2) is 11.0. The Balaban J connectivity index is 0.00000288. The van der Waals surface area contributed by atoms with E-state index in [1.807, 2.05) is 36.4 Å². The van der Waals surface area contributed by atoms with Gasteiger partial charge in [0.15, 0.2) is 0 Å². The number of nitrogens with zero attached hydrogens (tertiary/aromatic N) is 1. The number of nitrogens with one attached hydrogen (secondary N) is 1. The number of nitrogens with two attached hydrogens (primary N) is 1. The van der Waals surface area contributed by atoms with E-state index in [0.717, 1.165) is 13.1 Å². The third kappa shape index (κ3) is 6.94. The molecule has 0 aliphatic carbocycles. The van der Waals surface area contributed by atoms with E-state index >= 15 is 0 Å². The van der Waals surface area contributed by atoms with Gasteiger partial charge in [-0.15, -0.1) is 24.8 Å². The lowest BCUT2D eigenvalue weighted by atomic mass is 10.1. The summed E-state index contributed by atoms with van der Waals surface area (Å²) in [5.74, 6) is -0.127. The molecule has 2 aromatic carbocycles. The van der Waals surface area contributed by atoms with Crippen molar-refractivity contribution in [1.82, 2.24) is 4.90 Å². The van der Waals surface area contributed by atoms with Gasteiger partial charge in [0.25, 0.3) is 5.91 Å². The van der Waals surface area contributed by atoms with Crippen LogP contribution < -0.4 is 11.1 Å². The average Bonchev–Trinajstić information content (AvgIpc) is 2.52. The van der Waals surface area contributed by atoms with Crippen LogP contribution in [0.1, 0.15) is 36.7 Å². The van der Waals surface area contributed by atoms with Crippen LogP contribution in [0.4, 0.5) is 11.4 Å². The summed E-state index contributed by atoms with van der Waals surface area (Å²) in [5, 5.41) is 2.86. The number of hydrogen-bond donors (Lipinski definition) is 2. The largest absolute Gasteiger partial charge is 0.399 e. The van der Waals surface area contributed by atoms with Gasteiger partial charge in [0.05, 0.1) is 0 Å². The molecule has 0 fully saturated rings. The standard InChI is InChI=1S/C19H25N3O.2ClH/c1-4-22(14(2)3)13-15-8-10-16(11-9-15)19(23)21-18-7-5-6-17(20)12-18;;/h5-12,14H,4,13,20H2,1-3H3,(H,21,23);2*1H. The molecule has 0 aliphatic rings. The van der Waals surface area contributed by atoms with Crippen LogP contribution in [0.5, 0.6) is 0 Å².